The van der Waals surface area contributed by atoms with E-state index in [1.54, 1.807) is 0 Å². The molecule has 0 fully saturated rings. The fraction of sp³-hybridized carbons (Fsp3) is 0.400. The zero-order valence-electron chi connectivity index (χ0n) is 9.96. The summed E-state index contributed by atoms with van der Waals surface area (Å²) in [5.41, 5.74) is 6.72. The SMILES string of the molecule is CC1=CC2CCCc3ccc(C)cc3C2=N1. The third kappa shape index (κ3) is 1.51. The third-order valence-corrected chi connectivity index (χ3v) is 3.59. The van der Waals surface area contributed by atoms with Crippen LogP contribution in [0.4, 0.5) is 0 Å². The molecule has 0 spiro atoms. The Morgan fingerprint density at radius 1 is 1.25 bits per heavy atom. The molecule has 0 radical (unpaired) electrons. The van der Waals surface area contributed by atoms with Crippen LogP contribution in [0.25, 0.3) is 0 Å². The highest BCUT2D eigenvalue weighted by atomic mass is 14.8. The lowest BCUT2D eigenvalue weighted by atomic mass is 9.94. The lowest BCUT2D eigenvalue weighted by Crippen LogP contribution is -2.10. The number of nitrogens with zero attached hydrogens (tertiary/aromatic N) is 1. The summed E-state index contributed by atoms with van der Waals surface area (Å²) in [5.74, 6) is 0.572. The first kappa shape index (κ1) is 9.83. The van der Waals surface area contributed by atoms with Crippen LogP contribution in [0.1, 0.15) is 36.5 Å². The molecule has 1 nitrogen and oxygen atoms in total. The summed E-state index contributed by atoms with van der Waals surface area (Å²) >= 11 is 0. The van der Waals surface area contributed by atoms with Gasteiger partial charge in [0, 0.05) is 17.2 Å². The molecular weight excluding hydrogens is 194 g/mol. The van der Waals surface area contributed by atoms with E-state index in [4.69, 9.17) is 4.99 Å². The van der Waals surface area contributed by atoms with E-state index in [9.17, 15) is 0 Å². The lowest BCUT2D eigenvalue weighted by molar-refractivity contribution is 0.696. The molecule has 0 saturated carbocycles. The molecule has 0 aromatic heterocycles. The van der Waals surface area contributed by atoms with E-state index < -0.39 is 0 Å². The minimum Gasteiger partial charge on any atom is -0.257 e. The van der Waals surface area contributed by atoms with E-state index in [-0.39, 0.29) is 0 Å². The molecule has 1 aromatic carbocycles. The number of hydrogen-bond acceptors (Lipinski definition) is 1. The Morgan fingerprint density at radius 3 is 3.00 bits per heavy atom. The van der Waals surface area contributed by atoms with Gasteiger partial charge in [0.2, 0.25) is 0 Å². The maximum Gasteiger partial charge on any atom is 0.0551 e. The van der Waals surface area contributed by atoms with Crippen molar-refractivity contribution in [3.8, 4) is 0 Å². The molecule has 16 heavy (non-hydrogen) atoms. The van der Waals surface area contributed by atoms with Gasteiger partial charge < -0.3 is 0 Å². The molecule has 1 aliphatic heterocycles. The Bertz CT molecular complexity index is 494. The van der Waals surface area contributed by atoms with E-state index >= 15 is 0 Å². The van der Waals surface area contributed by atoms with Crippen molar-refractivity contribution in [2.24, 2.45) is 10.9 Å². The van der Waals surface area contributed by atoms with Gasteiger partial charge in [-0.25, -0.2) is 0 Å². The van der Waals surface area contributed by atoms with Crippen LogP contribution in [0.2, 0.25) is 0 Å². The van der Waals surface area contributed by atoms with Gasteiger partial charge in [-0.1, -0.05) is 23.8 Å². The van der Waals surface area contributed by atoms with Crippen LogP contribution in [0.5, 0.6) is 0 Å². The predicted molar refractivity (Wildman–Crippen MR) is 67.9 cm³/mol. The zero-order valence-corrected chi connectivity index (χ0v) is 9.96. The molecule has 1 heteroatoms. The highest BCUT2D eigenvalue weighted by Gasteiger charge is 2.25. The van der Waals surface area contributed by atoms with Crippen molar-refractivity contribution in [2.45, 2.75) is 33.1 Å². The van der Waals surface area contributed by atoms with Crippen molar-refractivity contribution >= 4 is 5.71 Å². The van der Waals surface area contributed by atoms with Crippen molar-refractivity contribution in [1.82, 2.24) is 0 Å². The second-order valence-electron chi connectivity index (χ2n) is 4.96. The van der Waals surface area contributed by atoms with Crippen molar-refractivity contribution < 1.29 is 0 Å². The molecule has 0 saturated heterocycles. The molecule has 3 rings (SSSR count). The average molecular weight is 211 g/mol. The summed E-state index contributed by atoms with van der Waals surface area (Å²) in [4.78, 5) is 4.73. The van der Waals surface area contributed by atoms with Crippen molar-refractivity contribution in [3.63, 3.8) is 0 Å². The topological polar surface area (TPSA) is 12.4 Å². The minimum absolute atomic E-state index is 0.572. The van der Waals surface area contributed by atoms with E-state index in [2.05, 4.69) is 38.1 Å². The van der Waals surface area contributed by atoms with Gasteiger partial charge in [-0.2, -0.15) is 0 Å². The second kappa shape index (κ2) is 3.58. The number of aryl methyl sites for hydroxylation is 2. The second-order valence-corrected chi connectivity index (χ2v) is 4.96. The molecule has 2 aliphatic rings. The molecule has 1 aliphatic carbocycles. The van der Waals surface area contributed by atoms with Gasteiger partial charge in [0.1, 0.15) is 0 Å². The number of rotatable bonds is 0. The van der Waals surface area contributed by atoms with Crippen molar-refractivity contribution in [2.75, 3.05) is 0 Å². The third-order valence-electron chi connectivity index (χ3n) is 3.59. The van der Waals surface area contributed by atoms with Crippen LogP contribution >= 0.6 is 0 Å². The van der Waals surface area contributed by atoms with Crippen molar-refractivity contribution in [1.29, 1.82) is 0 Å². The summed E-state index contributed by atoms with van der Waals surface area (Å²) in [6.07, 6.45) is 6.07. The predicted octanol–water partition coefficient (Wildman–Crippen LogP) is 3.65. The van der Waals surface area contributed by atoms with E-state index in [1.807, 2.05) is 0 Å². The molecule has 0 bridgehead atoms. The number of fused-ring (bicyclic) bond motifs is 3. The van der Waals surface area contributed by atoms with Crippen molar-refractivity contribution in [3.05, 3.63) is 46.7 Å². The van der Waals surface area contributed by atoms with Gasteiger partial charge in [-0.05, 0) is 44.7 Å². The molecule has 1 heterocycles. The first-order valence-corrected chi connectivity index (χ1v) is 6.11. The number of hydrogen-bond donors (Lipinski definition) is 0. The van der Waals surface area contributed by atoms with Gasteiger partial charge in [-0.3, -0.25) is 4.99 Å². The van der Waals surface area contributed by atoms with Crippen LogP contribution < -0.4 is 0 Å². The van der Waals surface area contributed by atoms with E-state index in [1.165, 1.54) is 47.4 Å². The van der Waals surface area contributed by atoms with Gasteiger partial charge in [0.05, 0.1) is 5.71 Å². The molecular formula is C15H17N. The standard InChI is InChI=1S/C15H17N/c1-10-6-7-12-4-3-5-13-9-11(2)16-15(13)14(12)8-10/h6-9,13H,3-5H2,1-2H3. The Balaban J connectivity index is 2.15. The fourth-order valence-electron chi connectivity index (χ4n) is 2.82. The smallest absolute Gasteiger partial charge is 0.0551 e. The normalized spacial score (nSPS) is 23.0. The van der Waals surface area contributed by atoms with E-state index in [0.29, 0.717) is 5.92 Å². The van der Waals surface area contributed by atoms with Crippen LogP contribution in [-0.4, -0.2) is 5.71 Å². The monoisotopic (exact) mass is 211 g/mol. The summed E-state index contributed by atoms with van der Waals surface area (Å²) in [5, 5.41) is 0. The van der Waals surface area contributed by atoms with Crippen LogP contribution in [0.3, 0.4) is 0 Å². The number of benzene rings is 1. The van der Waals surface area contributed by atoms with Gasteiger partial charge in [0.15, 0.2) is 0 Å². The van der Waals surface area contributed by atoms with Gasteiger partial charge in [-0.15, -0.1) is 0 Å². The van der Waals surface area contributed by atoms with Crippen LogP contribution in [0, 0.1) is 12.8 Å². The first-order chi connectivity index (χ1) is 7.74. The molecule has 0 N–H and O–H groups in total. The quantitative estimate of drug-likeness (QED) is 0.621. The first-order valence-electron chi connectivity index (χ1n) is 6.11. The maximum atomic E-state index is 4.73. The van der Waals surface area contributed by atoms with Crippen LogP contribution in [0.15, 0.2) is 35.0 Å². The lowest BCUT2D eigenvalue weighted by Gasteiger charge is -2.10. The largest absolute Gasteiger partial charge is 0.257 e. The Labute approximate surface area is 96.9 Å². The summed E-state index contributed by atoms with van der Waals surface area (Å²) in [6.45, 7) is 4.27. The van der Waals surface area contributed by atoms with Gasteiger partial charge >= 0.3 is 0 Å². The highest BCUT2D eigenvalue weighted by Crippen LogP contribution is 2.31. The van der Waals surface area contributed by atoms with E-state index in [0.717, 1.165) is 0 Å². The number of aliphatic imine (C=N–C) groups is 1. The maximum absolute atomic E-state index is 4.73. The number of allylic oxidation sites excluding steroid dienone is 2. The highest BCUT2D eigenvalue weighted by molar-refractivity contribution is 6.06. The molecule has 0 amide bonds. The Kier molecular flexibility index (Phi) is 2.20. The molecule has 1 unspecified atom stereocenters. The van der Waals surface area contributed by atoms with Crippen LogP contribution in [-0.2, 0) is 6.42 Å². The minimum atomic E-state index is 0.572. The molecule has 1 aromatic rings. The average Bonchev–Trinajstić information content (AvgIpc) is 2.54. The fourth-order valence-corrected chi connectivity index (χ4v) is 2.82. The summed E-state index contributed by atoms with van der Waals surface area (Å²) in [7, 11) is 0. The Hall–Kier alpha value is -1.37. The molecule has 82 valence electrons. The molecule has 1 atom stereocenters. The summed E-state index contributed by atoms with van der Waals surface area (Å²) in [6, 6.07) is 6.80. The summed E-state index contributed by atoms with van der Waals surface area (Å²) < 4.78 is 0. The zero-order chi connectivity index (χ0) is 11.1. The Morgan fingerprint density at radius 2 is 2.12 bits per heavy atom. The van der Waals surface area contributed by atoms with Gasteiger partial charge in [0.25, 0.3) is 0 Å².